The summed E-state index contributed by atoms with van der Waals surface area (Å²) in [7, 11) is 0. The standard InChI is InChI=1S/C29H40FN9O2/c1-8-39-17(2)13-23(36-39)33-25-21(37-11-12-38(27(40)41)29(7,16-37)28(4,5)6)15-31-26(35-25)34-22-14-20(19-9-10-19)24(30)18(3)32-22/h13-15,19H,8-12,16H2,1-7H3,(H,40,41)(H2,31,32,33,34,35,36). The van der Waals surface area contributed by atoms with E-state index in [0.717, 1.165) is 30.8 Å². The fourth-order valence-corrected chi connectivity index (χ4v) is 5.48. The Balaban J connectivity index is 1.51. The zero-order valence-corrected chi connectivity index (χ0v) is 24.9. The summed E-state index contributed by atoms with van der Waals surface area (Å²) in [6.07, 6.45) is 2.76. The summed E-state index contributed by atoms with van der Waals surface area (Å²) in [5, 5.41) is 21.2. The van der Waals surface area contributed by atoms with E-state index in [2.05, 4.69) is 51.4 Å². The Bertz CT molecular complexity index is 1460. The maximum atomic E-state index is 14.7. The number of hydrogen-bond donors (Lipinski definition) is 3. The topological polar surface area (TPSA) is 124 Å². The molecule has 4 heterocycles. The van der Waals surface area contributed by atoms with Crippen molar-refractivity contribution >= 4 is 35.2 Å². The molecule has 1 aliphatic heterocycles. The Morgan fingerprint density at radius 1 is 1.15 bits per heavy atom. The van der Waals surface area contributed by atoms with Crippen molar-refractivity contribution in [2.45, 2.75) is 79.3 Å². The number of carboxylic acid groups (broad SMARTS) is 1. The highest BCUT2D eigenvalue weighted by atomic mass is 19.1. The number of rotatable bonds is 7. The third-order valence-corrected chi connectivity index (χ3v) is 8.58. The number of aromatic nitrogens is 5. The molecule has 2 fully saturated rings. The molecule has 1 atom stereocenters. The molecule has 5 rings (SSSR count). The number of carbonyl (C=O) groups is 1. The van der Waals surface area contributed by atoms with Crippen LogP contribution >= 0.6 is 0 Å². The van der Waals surface area contributed by atoms with Crippen molar-refractivity contribution in [1.29, 1.82) is 0 Å². The van der Waals surface area contributed by atoms with Crippen molar-refractivity contribution < 1.29 is 14.3 Å². The quantitative estimate of drug-likeness (QED) is 0.325. The Morgan fingerprint density at radius 2 is 1.88 bits per heavy atom. The van der Waals surface area contributed by atoms with Crippen LogP contribution in [0.25, 0.3) is 0 Å². The van der Waals surface area contributed by atoms with Crippen LogP contribution in [-0.2, 0) is 6.54 Å². The Kier molecular flexibility index (Phi) is 7.29. The number of aryl methyl sites for hydroxylation is 3. The lowest BCUT2D eigenvalue weighted by molar-refractivity contribution is 0.00747. The number of amides is 1. The van der Waals surface area contributed by atoms with Gasteiger partial charge in [-0.05, 0) is 63.5 Å². The van der Waals surface area contributed by atoms with Crippen molar-refractivity contribution in [2.75, 3.05) is 35.2 Å². The molecule has 1 amide bonds. The van der Waals surface area contributed by atoms with E-state index in [-0.39, 0.29) is 17.2 Å². The second-order valence-corrected chi connectivity index (χ2v) is 12.3. The molecule has 1 saturated carbocycles. The van der Waals surface area contributed by atoms with Crippen LogP contribution in [0.3, 0.4) is 0 Å². The molecule has 220 valence electrons. The number of pyridine rings is 1. The van der Waals surface area contributed by atoms with Gasteiger partial charge in [0, 0.05) is 37.9 Å². The minimum absolute atomic E-state index is 0.233. The van der Waals surface area contributed by atoms with E-state index in [1.165, 1.54) is 0 Å². The molecule has 12 heteroatoms. The molecule has 1 aliphatic carbocycles. The predicted molar refractivity (Wildman–Crippen MR) is 157 cm³/mol. The number of halogens is 1. The zero-order valence-electron chi connectivity index (χ0n) is 24.9. The Hall–Kier alpha value is -3.96. The van der Waals surface area contributed by atoms with E-state index in [1.54, 1.807) is 24.1 Å². The van der Waals surface area contributed by atoms with E-state index in [4.69, 9.17) is 4.98 Å². The van der Waals surface area contributed by atoms with Gasteiger partial charge in [0.1, 0.15) is 11.6 Å². The average molecular weight is 566 g/mol. The molecule has 2 aliphatic rings. The molecule has 11 nitrogen and oxygen atoms in total. The van der Waals surface area contributed by atoms with Crippen LogP contribution in [0.15, 0.2) is 18.3 Å². The van der Waals surface area contributed by atoms with Crippen molar-refractivity contribution in [3.8, 4) is 0 Å². The second-order valence-electron chi connectivity index (χ2n) is 12.3. The first kappa shape index (κ1) is 28.6. The first-order valence-electron chi connectivity index (χ1n) is 14.2. The Labute approximate surface area is 240 Å². The predicted octanol–water partition coefficient (Wildman–Crippen LogP) is 5.81. The summed E-state index contributed by atoms with van der Waals surface area (Å²) in [6, 6.07) is 3.70. The molecule has 3 N–H and O–H groups in total. The molecule has 0 aromatic carbocycles. The minimum atomic E-state index is -0.926. The lowest BCUT2D eigenvalue weighted by atomic mass is 9.72. The van der Waals surface area contributed by atoms with Crippen LogP contribution < -0.4 is 15.5 Å². The highest BCUT2D eigenvalue weighted by Crippen LogP contribution is 2.43. The molecule has 41 heavy (non-hydrogen) atoms. The third kappa shape index (κ3) is 5.51. The van der Waals surface area contributed by atoms with Gasteiger partial charge in [0.2, 0.25) is 5.95 Å². The van der Waals surface area contributed by atoms with Crippen molar-refractivity contribution in [1.82, 2.24) is 29.6 Å². The monoisotopic (exact) mass is 565 g/mol. The van der Waals surface area contributed by atoms with Gasteiger partial charge >= 0.3 is 6.09 Å². The molecule has 0 bridgehead atoms. The maximum absolute atomic E-state index is 14.7. The number of hydrogen-bond acceptors (Lipinski definition) is 8. The number of piperazine rings is 1. The van der Waals surface area contributed by atoms with Gasteiger partial charge in [0.25, 0.3) is 0 Å². The summed E-state index contributed by atoms with van der Waals surface area (Å²) in [5.74, 6) is 1.96. The van der Waals surface area contributed by atoms with E-state index >= 15 is 0 Å². The fraction of sp³-hybridized carbons (Fsp3) is 0.552. The highest BCUT2D eigenvalue weighted by Gasteiger charge is 2.49. The summed E-state index contributed by atoms with van der Waals surface area (Å²) in [5.41, 5.74) is 1.76. The van der Waals surface area contributed by atoms with Crippen LogP contribution in [0.1, 0.15) is 70.3 Å². The van der Waals surface area contributed by atoms with Gasteiger partial charge in [-0.1, -0.05) is 20.8 Å². The highest BCUT2D eigenvalue weighted by molar-refractivity contribution is 5.73. The lowest BCUT2D eigenvalue weighted by Gasteiger charge is -2.54. The van der Waals surface area contributed by atoms with E-state index in [1.807, 2.05) is 31.5 Å². The van der Waals surface area contributed by atoms with Gasteiger partial charge < -0.3 is 20.6 Å². The first-order valence-corrected chi connectivity index (χ1v) is 14.2. The number of nitrogens with one attached hydrogen (secondary N) is 2. The molecule has 3 aromatic heterocycles. The molecular weight excluding hydrogens is 525 g/mol. The zero-order chi connectivity index (χ0) is 29.7. The molecule has 1 saturated heterocycles. The average Bonchev–Trinajstić information content (AvgIpc) is 3.68. The van der Waals surface area contributed by atoms with Crippen molar-refractivity contribution in [2.24, 2.45) is 5.41 Å². The SMILES string of the molecule is CCn1nc(Nc2nc(Nc3cc(C4CC4)c(F)c(C)n3)ncc2N2CCN(C(=O)O)C(C)(C(C)(C)C)C2)cc1C. The summed E-state index contributed by atoms with van der Waals surface area (Å²) < 4.78 is 16.6. The van der Waals surface area contributed by atoms with Crippen molar-refractivity contribution in [3.63, 3.8) is 0 Å². The van der Waals surface area contributed by atoms with Crippen LogP contribution in [0.2, 0.25) is 0 Å². The molecule has 1 unspecified atom stereocenters. The van der Waals surface area contributed by atoms with E-state index in [9.17, 15) is 14.3 Å². The van der Waals surface area contributed by atoms with Gasteiger partial charge in [-0.2, -0.15) is 10.1 Å². The second kappa shape index (κ2) is 10.5. The molecule has 0 spiro atoms. The molecule has 0 radical (unpaired) electrons. The van der Waals surface area contributed by atoms with Gasteiger partial charge in [-0.3, -0.25) is 9.58 Å². The summed E-state index contributed by atoms with van der Waals surface area (Å²) in [4.78, 5) is 29.7. The normalized spacial score (nSPS) is 19.4. The van der Waals surface area contributed by atoms with Crippen LogP contribution in [0.4, 0.5) is 38.3 Å². The Morgan fingerprint density at radius 3 is 2.49 bits per heavy atom. The molecular formula is C29H40FN9O2. The van der Waals surface area contributed by atoms with Crippen LogP contribution in [-0.4, -0.2) is 66.0 Å². The van der Waals surface area contributed by atoms with Gasteiger partial charge in [-0.15, -0.1) is 0 Å². The lowest BCUT2D eigenvalue weighted by Crippen LogP contribution is -2.67. The number of anilines is 5. The smallest absolute Gasteiger partial charge is 0.407 e. The van der Waals surface area contributed by atoms with Crippen molar-refractivity contribution in [3.05, 3.63) is 41.1 Å². The third-order valence-electron chi connectivity index (χ3n) is 8.58. The minimum Gasteiger partial charge on any atom is -0.465 e. The van der Waals surface area contributed by atoms with E-state index in [0.29, 0.717) is 54.3 Å². The number of nitrogens with zero attached hydrogens (tertiary/aromatic N) is 7. The van der Waals surface area contributed by atoms with Gasteiger partial charge in [0.15, 0.2) is 11.6 Å². The molecule has 3 aromatic rings. The fourth-order valence-electron chi connectivity index (χ4n) is 5.48. The first-order chi connectivity index (χ1) is 19.3. The van der Waals surface area contributed by atoms with E-state index < -0.39 is 11.6 Å². The van der Waals surface area contributed by atoms with Gasteiger partial charge in [-0.25, -0.2) is 19.2 Å². The summed E-state index contributed by atoms with van der Waals surface area (Å²) >= 11 is 0. The maximum Gasteiger partial charge on any atom is 0.407 e. The van der Waals surface area contributed by atoms with Gasteiger partial charge in [0.05, 0.1) is 23.1 Å². The van der Waals surface area contributed by atoms with Crippen LogP contribution in [0.5, 0.6) is 0 Å². The largest absolute Gasteiger partial charge is 0.465 e. The summed E-state index contributed by atoms with van der Waals surface area (Å²) in [6.45, 7) is 15.9. The van der Waals surface area contributed by atoms with Crippen LogP contribution in [0, 0.1) is 25.1 Å².